The number of likely N-dealkylation sites (tertiary alicyclic amines) is 1. The summed E-state index contributed by atoms with van der Waals surface area (Å²) in [7, 11) is 0. The highest BCUT2D eigenvalue weighted by molar-refractivity contribution is 7.18. The highest BCUT2D eigenvalue weighted by atomic mass is 32.1. The number of piperidine rings is 1. The van der Waals surface area contributed by atoms with Gasteiger partial charge in [0.05, 0.1) is 22.2 Å². The Morgan fingerprint density at radius 3 is 2.72 bits per heavy atom. The van der Waals surface area contributed by atoms with Crippen LogP contribution in [0, 0.1) is 5.92 Å². The molecule has 1 aliphatic heterocycles. The standard InChI is InChI=1S/C23H21N3O2S/c27-23(28)15-8-11-26(12-9-15)21(22-25-19-3-1-2-4-20(19)29-22)17-5-6-18-14-24-10-7-16(18)13-17/h1-7,10,13-15,21H,8-9,11-12H2,(H,27,28). The van der Waals surface area contributed by atoms with Crippen LogP contribution in [0.2, 0.25) is 0 Å². The lowest BCUT2D eigenvalue weighted by Crippen LogP contribution is -2.39. The summed E-state index contributed by atoms with van der Waals surface area (Å²) in [5.41, 5.74) is 2.21. The topological polar surface area (TPSA) is 66.3 Å². The van der Waals surface area contributed by atoms with Gasteiger partial charge in [0.2, 0.25) is 0 Å². The molecule has 0 saturated carbocycles. The largest absolute Gasteiger partial charge is 0.481 e. The normalized spacial score (nSPS) is 17.0. The lowest BCUT2D eigenvalue weighted by atomic mass is 9.94. The Balaban J connectivity index is 1.57. The van der Waals surface area contributed by atoms with Gasteiger partial charge >= 0.3 is 5.97 Å². The number of para-hydroxylation sites is 1. The molecule has 5 rings (SSSR count). The monoisotopic (exact) mass is 403 g/mol. The van der Waals surface area contributed by atoms with E-state index in [9.17, 15) is 9.90 Å². The van der Waals surface area contributed by atoms with Crippen molar-refractivity contribution in [3.63, 3.8) is 0 Å². The number of carboxylic acid groups (broad SMARTS) is 1. The minimum Gasteiger partial charge on any atom is -0.481 e. The lowest BCUT2D eigenvalue weighted by molar-refractivity contribution is -0.143. The molecule has 3 heterocycles. The number of fused-ring (bicyclic) bond motifs is 2. The van der Waals surface area contributed by atoms with Crippen LogP contribution in [0.4, 0.5) is 0 Å². The quantitative estimate of drug-likeness (QED) is 0.534. The summed E-state index contributed by atoms with van der Waals surface area (Å²) in [6, 6.07) is 16.8. The fourth-order valence-corrected chi connectivity index (χ4v) is 5.32. The molecule has 0 spiro atoms. The number of rotatable bonds is 4. The van der Waals surface area contributed by atoms with E-state index in [0.29, 0.717) is 12.8 Å². The van der Waals surface area contributed by atoms with E-state index in [1.807, 2.05) is 30.6 Å². The summed E-state index contributed by atoms with van der Waals surface area (Å²) < 4.78 is 1.18. The number of thiazole rings is 1. The lowest BCUT2D eigenvalue weighted by Gasteiger charge is -2.36. The molecule has 1 N–H and O–H groups in total. The van der Waals surface area contributed by atoms with E-state index >= 15 is 0 Å². The summed E-state index contributed by atoms with van der Waals surface area (Å²) in [5, 5.41) is 12.7. The van der Waals surface area contributed by atoms with E-state index in [4.69, 9.17) is 4.98 Å². The molecule has 1 atom stereocenters. The number of benzene rings is 2. The van der Waals surface area contributed by atoms with Gasteiger partial charge in [0.15, 0.2) is 0 Å². The second-order valence-corrected chi connectivity index (χ2v) is 8.62. The van der Waals surface area contributed by atoms with Crippen molar-refractivity contribution in [1.29, 1.82) is 0 Å². The molecule has 29 heavy (non-hydrogen) atoms. The van der Waals surface area contributed by atoms with Crippen molar-refractivity contribution in [3.05, 3.63) is 71.5 Å². The molecule has 0 amide bonds. The fourth-order valence-electron chi connectivity index (χ4n) is 4.19. The zero-order valence-corrected chi connectivity index (χ0v) is 16.7. The maximum atomic E-state index is 11.4. The molecule has 1 fully saturated rings. The fraction of sp³-hybridized carbons (Fsp3) is 0.261. The Bertz CT molecular complexity index is 1150. The van der Waals surface area contributed by atoms with Gasteiger partial charge in [-0.2, -0.15) is 0 Å². The van der Waals surface area contributed by atoms with Gasteiger partial charge in [-0.15, -0.1) is 11.3 Å². The molecular weight excluding hydrogens is 382 g/mol. The first-order valence-electron chi connectivity index (χ1n) is 9.85. The highest BCUT2D eigenvalue weighted by Gasteiger charge is 2.32. The number of nitrogens with zero attached hydrogens (tertiary/aromatic N) is 3. The Morgan fingerprint density at radius 2 is 1.93 bits per heavy atom. The van der Waals surface area contributed by atoms with Crippen LogP contribution in [0.5, 0.6) is 0 Å². The molecule has 5 nitrogen and oxygen atoms in total. The van der Waals surface area contributed by atoms with Gasteiger partial charge < -0.3 is 5.11 Å². The first-order valence-corrected chi connectivity index (χ1v) is 10.7. The van der Waals surface area contributed by atoms with Crippen molar-refractivity contribution in [1.82, 2.24) is 14.9 Å². The van der Waals surface area contributed by atoms with Crippen LogP contribution >= 0.6 is 11.3 Å². The first kappa shape index (κ1) is 18.2. The average Bonchev–Trinajstić information content (AvgIpc) is 3.18. The van der Waals surface area contributed by atoms with Gasteiger partial charge in [-0.25, -0.2) is 4.98 Å². The molecule has 6 heteroatoms. The number of hydrogen-bond acceptors (Lipinski definition) is 5. The van der Waals surface area contributed by atoms with E-state index < -0.39 is 5.97 Å². The van der Waals surface area contributed by atoms with E-state index in [-0.39, 0.29) is 12.0 Å². The summed E-state index contributed by atoms with van der Waals surface area (Å²) in [5.74, 6) is -0.927. The van der Waals surface area contributed by atoms with Gasteiger partial charge in [0.25, 0.3) is 0 Å². The third-order valence-corrected chi connectivity index (χ3v) is 6.86. The summed E-state index contributed by atoms with van der Waals surface area (Å²) in [4.78, 5) is 22.9. The SMILES string of the molecule is O=C(O)C1CCN(C(c2ccc3cnccc3c2)c2nc3ccccc3s2)CC1. The molecule has 146 valence electrons. The summed E-state index contributed by atoms with van der Waals surface area (Å²) in [6.45, 7) is 1.51. The zero-order valence-electron chi connectivity index (χ0n) is 15.9. The number of carboxylic acids is 1. The molecule has 2 aromatic heterocycles. The van der Waals surface area contributed by atoms with Crippen LogP contribution in [0.25, 0.3) is 21.0 Å². The van der Waals surface area contributed by atoms with Crippen molar-refractivity contribution in [3.8, 4) is 0 Å². The maximum absolute atomic E-state index is 11.4. The second kappa shape index (κ2) is 7.54. The van der Waals surface area contributed by atoms with Gasteiger partial charge in [-0.3, -0.25) is 14.7 Å². The third-order valence-electron chi connectivity index (χ3n) is 5.77. The van der Waals surface area contributed by atoms with Crippen LogP contribution in [0.3, 0.4) is 0 Å². The van der Waals surface area contributed by atoms with Crippen LogP contribution in [-0.4, -0.2) is 39.0 Å². The van der Waals surface area contributed by atoms with Crippen molar-refractivity contribution in [2.75, 3.05) is 13.1 Å². The van der Waals surface area contributed by atoms with E-state index in [2.05, 4.69) is 40.2 Å². The number of hydrogen-bond donors (Lipinski definition) is 1. The second-order valence-electron chi connectivity index (χ2n) is 7.55. The molecule has 0 radical (unpaired) electrons. The Hall–Kier alpha value is -2.83. The molecule has 0 bridgehead atoms. The smallest absolute Gasteiger partial charge is 0.306 e. The summed E-state index contributed by atoms with van der Waals surface area (Å²) in [6.07, 6.45) is 5.05. The molecule has 0 aliphatic carbocycles. The molecule has 2 aromatic carbocycles. The van der Waals surface area contributed by atoms with Crippen LogP contribution in [0.15, 0.2) is 60.9 Å². The minimum absolute atomic E-state index is 0.0275. The van der Waals surface area contributed by atoms with Crippen molar-refractivity contribution < 1.29 is 9.90 Å². The van der Waals surface area contributed by atoms with E-state index in [0.717, 1.165) is 34.4 Å². The van der Waals surface area contributed by atoms with Crippen LogP contribution < -0.4 is 0 Å². The van der Waals surface area contributed by atoms with E-state index in [1.54, 1.807) is 11.3 Å². The van der Waals surface area contributed by atoms with E-state index in [1.165, 1.54) is 10.3 Å². The zero-order chi connectivity index (χ0) is 19.8. The van der Waals surface area contributed by atoms with Gasteiger partial charge in [-0.05, 0) is 61.1 Å². The third kappa shape index (κ3) is 3.50. The highest BCUT2D eigenvalue weighted by Crippen LogP contribution is 2.37. The molecular formula is C23H21N3O2S. The number of aliphatic carboxylic acids is 1. The van der Waals surface area contributed by atoms with Crippen molar-refractivity contribution >= 4 is 38.3 Å². The van der Waals surface area contributed by atoms with Gasteiger partial charge in [0.1, 0.15) is 5.01 Å². The van der Waals surface area contributed by atoms with Crippen molar-refractivity contribution in [2.45, 2.75) is 18.9 Å². The van der Waals surface area contributed by atoms with Crippen LogP contribution in [0.1, 0.15) is 29.5 Å². The number of carbonyl (C=O) groups is 1. The number of aromatic nitrogens is 2. The molecule has 1 unspecified atom stereocenters. The molecule has 1 aliphatic rings. The predicted molar refractivity (Wildman–Crippen MR) is 115 cm³/mol. The van der Waals surface area contributed by atoms with Crippen LogP contribution in [-0.2, 0) is 4.79 Å². The van der Waals surface area contributed by atoms with Gasteiger partial charge in [-0.1, -0.05) is 24.3 Å². The molecule has 1 saturated heterocycles. The first-order chi connectivity index (χ1) is 14.2. The van der Waals surface area contributed by atoms with Crippen molar-refractivity contribution in [2.24, 2.45) is 5.92 Å². The minimum atomic E-state index is -0.681. The average molecular weight is 404 g/mol. The van der Waals surface area contributed by atoms with Gasteiger partial charge in [0, 0.05) is 17.8 Å². The maximum Gasteiger partial charge on any atom is 0.306 e. The summed E-state index contributed by atoms with van der Waals surface area (Å²) >= 11 is 1.72. The molecule has 4 aromatic rings. The Morgan fingerprint density at radius 1 is 1.10 bits per heavy atom. The predicted octanol–water partition coefficient (Wildman–Crippen LogP) is 4.73. The number of pyridine rings is 1. The Kier molecular flexibility index (Phi) is 4.73. The Labute approximate surface area is 172 Å².